The van der Waals surface area contributed by atoms with Crippen molar-refractivity contribution in [2.24, 2.45) is 12.8 Å². The highest BCUT2D eigenvalue weighted by Gasteiger charge is 2.38. The van der Waals surface area contributed by atoms with Gasteiger partial charge in [0.05, 0.1) is 35.0 Å². The fourth-order valence-corrected chi connectivity index (χ4v) is 3.63. The van der Waals surface area contributed by atoms with Crippen LogP contribution < -0.4 is 15.5 Å². The minimum absolute atomic E-state index is 0.0500. The van der Waals surface area contributed by atoms with Gasteiger partial charge in [-0.3, -0.25) is 14.5 Å². The van der Waals surface area contributed by atoms with Gasteiger partial charge in [0.15, 0.2) is 11.6 Å². The topological polar surface area (TPSA) is 130 Å². The molecule has 31 heavy (non-hydrogen) atoms. The second-order valence-electron chi connectivity index (χ2n) is 7.15. The first-order valence-electron chi connectivity index (χ1n) is 9.80. The first-order chi connectivity index (χ1) is 15.0. The van der Waals surface area contributed by atoms with Crippen LogP contribution in [0.1, 0.15) is 24.9 Å². The standard InChI is InChI=1S/C21H23N9O/c1-4-16-21(31)29(3)17-11-25-19(14(9-22)18(23)15-7-5-6-8-24-15)27-20(17)30(16)13-10-26-28(2)12-13/h5-12,16,22H,4,23H2,1-3H3/b18-14+,22-9?. The Hall–Kier alpha value is -4.08. The van der Waals surface area contributed by atoms with E-state index in [1.165, 1.54) is 0 Å². The lowest BCUT2D eigenvalue weighted by Crippen LogP contribution is -2.50. The van der Waals surface area contributed by atoms with Crippen molar-refractivity contribution in [1.82, 2.24) is 24.7 Å². The summed E-state index contributed by atoms with van der Waals surface area (Å²) in [6.07, 6.45) is 8.45. The minimum Gasteiger partial charge on any atom is -0.396 e. The molecule has 0 aromatic carbocycles. The maximum absolute atomic E-state index is 13.0. The number of allylic oxidation sites excluding steroid dienone is 1. The summed E-state index contributed by atoms with van der Waals surface area (Å²) in [5.74, 6) is 0.787. The number of fused-ring (bicyclic) bond motifs is 1. The number of nitrogens with zero attached hydrogens (tertiary/aromatic N) is 7. The predicted octanol–water partition coefficient (Wildman–Crippen LogP) is 1.97. The minimum atomic E-state index is -0.440. The van der Waals surface area contributed by atoms with Gasteiger partial charge in [-0.2, -0.15) is 5.10 Å². The molecule has 1 aliphatic rings. The Morgan fingerprint density at radius 2 is 2.06 bits per heavy atom. The Bertz CT molecular complexity index is 1170. The van der Waals surface area contributed by atoms with Crippen LogP contribution in [0.25, 0.3) is 11.3 Å². The van der Waals surface area contributed by atoms with E-state index in [2.05, 4.69) is 15.1 Å². The normalized spacial score (nSPS) is 16.7. The van der Waals surface area contributed by atoms with Crippen LogP contribution in [-0.2, 0) is 11.8 Å². The average Bonchev–Trinajstić information content (AvgIpc) is 3.22. The quantitative estimate of drug-likeness (QED) is 0.607. The molecule has 158 valence electrons. The third kappa shape index (κ3) is 3.41. The number of anilines is 3. The molecule has 0 bridgehead atoms. The Kier molecular flexibility index (Phi) is 5.20. The second-order valence-corrected chi connectivity index (χ2v) is 7.15. The number of hydrogen-bond acceptors (Lipinski definition) is 8. The third-order valence-electron chi connectivity index (χ3n) is 5.24. The Morgan fingerprint density at radius 1 is 1.26 bits per heavy atom. The maximum atomic E-state index is 13.0. The number of carbonyl (C=O) groups excluding carboxylic acids is 1. The van der Waals surface area contributed by atoms with Gasteiger partial charge in [-0.05, 0) is 18.6 Å². The van der Waals surface area contributed by atoms with E-state index in [0.29, 0.717) is 34.9 Å². The van der Waals surface area contributed by atoms with E-state index in [9.17, 15) is 4.79 Å². The van der Waals surface area contributed by atoms with Gasteiger partial charge < -0.3 is 20.9 Å². The Balaban J connectivity index is 1.91. The molecule has 10 heteroatoms. The molecule has 1 atom stereocenters. The van der Waals surface area contributed by atoms with Crippen LogP contribution in [0.5, 0.6) is 0 Å². The number of carbonyl (C=O) groups is 1. The summed E-state index contributed by atoms with van der Waals surface area (Å²) in [5, 5.41) is 12.2. The van der Waals surface area contributed by atoms with Crippen molar-refractivity contribution in [2.45, 2.75) is 19.4 Å². The van der Waals surface area contributed by atoms with Gasteiger partial charge in [0.25, 0.3) is 0 Å². The van der Waals surface area contributed by atoms with Crippen molar-refractivity contribution in [3.05, 3.63) is 54.5 Å². The molecule has 1 amide bonds. The number of likely N-dealkylation sites (N-methyl/N-ethyl adjacent to an activating group) is 1. The van der Waals surface area contributed by atoms with Crippen molar-refractivity contribution in [1.29, 1.82) is 5.41 Å². The Labute approximate surface area is 179 Å². The first kappa shape index (κ1) is 20.2. The fraction of sp³-hybridized carbons (Fsp3) is 0.238. The first-order valence-corrected chi connectivity index (χ1v) is 9.80. The van der Waals surface area contributed by atoms with Crippen molar-refractivity contribution in [3.8, 4) is 0 Å². The van der Waals surface area contributed by atoms with E-state index in [-0.39, 0.29) is 11.7 Å². The summed E-state index contributed by atoms with van der Waals surface area (Å²) in [6, 6.07) is 4.93. The van der Waals surface area contributed by atoms with Crippen LogP contribution in [0, 0.1) is 5.41 Å². The van der Waals surface area contributed by atoms with Crippen molar-refractivity contribution < 1.29 is 4.79 Å². The largest absolute Gasteiger partial charge is 0.396 e. The molecule has 0 aliphatic carbocycles. The smallest absolute Gasteiger partial charge is 0.250 e. The van der Waals surface area contributed by atoms with Crippen molar-refractivity contribution in [3.63, 3.8) is 0 Å². The number of aryl methyl sites for hydroxylation is 1. The molecule has 1 unspecified atom stereocenters. The number of nitrogens with two attached hydrogens (primary N) is 1. The van der Waals surface area contributed by atoms with Crippen LogP contribution in [-0.4, -0.2) is 49.9 Å². The summed E-state index contributed by atoms with van der Waals surface area (Å²) in [5.41, 5.74) is 8.81. The number of rotatable bonds is 5. The van der Waals surface area contributed by atoms with Gasteiger partial charge in [0, 0.05) is 32.7 Å². The summed E-state index contributed by atoms with van der Waals surface area (Å²) < 4.78 is 1.68. The lowest BCUT2D eigenvalue weighted by molar-refractivity contribution is -0.119. The molecule has 0 saturated carbocycles. The van der Waals surface area contributed by atoms with Crippen molar-refractivity contribution >= 4 is 40.6 Å². The Morgan fingerprint density at radius 3 is 2.68 bits per heavy atom. The molecule has 3 N–H and O–H groups in total. The summed E-state index contributed by atoms with van der Waals surface area (Å²) in [4.78, 5) is 29.9. The summed E-state index contributed by atoms with van der Waals surface area (Å²) >= 11 is 0. The average molecular weight is 417 g/mol. The zero-order valence-corrected chi connectivity index (χ0v) is 17.5. The summed E-state index contributed by atoms with van der Waals surface area (Å²) in [6.45, 7) is 1.95. The SMILES string of the molecule is CCC1C(=O)N(C)c2cnc(/C(C=N)=C(/N)c3ccccn3)nc2N1c1cnn(C)c1. The maximum Gasteiger partial charge on any atom is 0.250 e. The number of aromatic nitrogens is 5. The fourth-order valence-electron chi connectivity index (χ4n) is 3.63. The number of pyridine rings is 1. The number of amides is 1. The lowest BCUT2D eigenvalue weighted by atomic mass is 10.1. The van der Waals surface area contributed by atoms with E-state index >= 15 is 0 Å². The zero-order valence-electron chi connectivity index (χ0n) is 17.5. The van der Waals surface area contributed by atoms with Crippen LogP contribution in [0.15, 0.2) is 43.0 Å². The van der Waals surface area contributed by atoms with E-state index in [1.807, 2.05) is 31.1 Å². The van der Waals surface area contributed by atoms with E-state index < -0.39 is 6.04 Å². The van der Waals surface area contributed by atoms with Crippen LogP contribution in [0.4, 0.5) is 17.2 Å². The van der Waals surface area contributed by atoms with Gasteiger partial charge in [0.1, 0.15) is 11.7 Å². The van der Waals surface area contributed by atoms with E-state index in [0.717, 1.165) is 11.9 Å². The van der Waals surface area contributed by atoms with Gasteiger partial charge in [-0.1, -0.05) is 13.0 Å². The molecule has 1 aliphatic heterocycles. The lowest BCUT2D eigenvalue weighted by Gasteiger charge is -2.39. The molecule has 10 nitrogen and oxygen atoms in total. The molecule has 0 saturated heterocycles. The zero-order chi connectivity index (χ0) is 22.1. The van der Waals surface area contributed by atoms with Crippen molar-refractivity contribution in [2.75, 3.05) is 16.8 Å². The number of hydrogen-bond donors (Lipinski definition) is 2. The molecule has 3 aromatic heterocycles. The molecular weight excluding hydrogens is 394 g/mol. The summed E-state index contributed by atoms with van der Waals surface area (Å²) in [7, 11) is 3.53. The predicted molar refractivity (Wildman–Crippen MR) is 119 cm³/mol. The van der Waals surface area contributed by atoms with Gasteiger partial charge in [-0.15, -0.1) is 0 Å². The molecule has 0 radical (unpaired) electrons. The highest BCUT2D eigenvalue weighted by molar-refractivity contribution is 6.16. The van der Waals surface area contributed by atoms with E-state index in [4.69, 9.17) is 16.1 Å². The van der Waals surface area contributed by atoms with Gasteiger partial charge in [-0.25, -0.2) is 9.97 Å². The molecular formula is C21H23N9O. The molecule has 0 fully saturated rings. The van der Waals surface area contributed by atoms with Crippen LogP contribution in [0.2, 0.25) is 0 Å². The van der Waals surface area contributed by atoms with Crippen LogP contribution in [0.3, 0.4) is 0 Å². The van der Waals surface area contributed by atoms with E-state index in [1.54, 1.807) is 47.4 Å². The second kappa shape index (κ2) is 7.98. The molecule has 0 spiro atoms. The van der Waals surface area contributed by atoms with Crippen LogP contribution >= 0.6 is 0 Å². The van der Waals surface area contributed by atoms with Gasteiger partial charge >= 0.3 is 0 Å². The molecule has 4 rings (SSSR count). The highest BCUT2D eigenvalue weighted by Crippen LogP contribution is 2.39. The number of nitrogens with one attached hydrogen (secondary N) is 1. The third-order valence-corrected chi connectivity index (χ3v) is 5.24. The monoisotopic (exact) mass is 417 g/mol. The van der Waals surface area contributed by atoms with Gasteiger partial charge in [0.2, 0.25) is 5.91 Å². The molecule has 4 heterocycles. The highest BCUT2D eigenvalue weighted by atomic mass is 16.2. The molecule has 3 aromatic rings.